The van der Waals surface area contributed by atoms with E-state index in [1.807, 2.05) is 0 Å². The minimum atomic E-state index is -0.464. The molecule has 0 aliphatic heterocycles. The molecule has 0 aliphatic carbocycles. The Bertz CT molecular complexity index is 458. The van der Waals surface area contributed by atoms with Crippen LogP contribution in [0.5, 0.6) is 5.75 Å². The van der Waals surface area contributed by atoms with Crippen LogP contribution in [0.15, 0.2) is 23.4 Å². The molecule has 0 aliphatic rings. The molecule has 8 heteroatoms. The quantitative estimate of drug-likeness (QED) is 0.465. The van der Waals surface area contributed by atoms with E-state index in [0.717, 1.165) is 0 Å². The third kappa shape index (κ3) is 4.74. The normalized spacial score (nSPS) is 10.1. The number of aromatic nitrogens is 1. The fraction of sp³-hybridized carbons (Fsp3) is 0.200. The summed E-state index contributed by atoms with van der Waals surface area (Å²) in [5.41, 5.74) is 8.16. The third-order valence-electron chi connectivity index (χ3n) is 1.70. The molecule has 0 saturated heterocycles. The van der Waals surface area contributed by atoms with Crippen molar-refractivity contribution in [2.75, 3.05) is 14.1 Å². The van der Waals surface area contributed by atoms with E-state index >= 15 is 0 Å². The molecule has 0 spiro atoms. The van der Waals surface area contributed by atoms with E-state index in [4.69, 9.17) is 10.5 Å². The fourth-order valence-corrected chi connectivity index (χ4v) is 0.935. The molecule has 0 bridgehead atoms. The maximum absolute atomic E-state index is 11.3. The minimum absolute atomic E-state index is 0.0720. The molecule has 7 nitrogen and oxygen atoms in total. The second kappa shape index (κ2) is 6.50. The molecule has 0 fully saturated rings. The second-order valence-corrected chi connectivity index (χ2v) is 3.86. The van der Waals surface area contributed by atoms with Crippen molar-refractivity contribution in [3.8, 4) is 5.75 Å². The largest absolute Gasteiger partial charge is 0.414 e. The van der Waals surface area contributed by atoms with Crippen LogP contribution < -0.4 is 15.9 Å². The molecule has 0 aromatic carbocycles. The van der Waals surface area contributed by atoms with E-state index in [0.29, 0.717) is 11.4 Å². The van der Waals surface area contributed by atoms with Crippen LogP contribution in [0, 0.1) is 0 Å². The zero-order valence-electron chi connectivity index (χ0n) is 9.95. The van der Waals surface area contributed by atoms with Gasteiger partial charge in [-0.2, -0.15) is 5.10 Å². The Labute approximate surface area is 110 Å². The van der Waals surface area contributed by atoms with E-state index in [1.54, 1.807) is 26.2 Å². The highest BCUT2D eigenvalue weighted by Gasteiger charge is 2.06. The molecule has 0 saturated carbocycles. The van der Waals surface area contributed by atoms with Gasteiger partial charge in [-0.25, -0.2) is 4.79 Å². The summed E-state index contributed by atoms with van der Waals surface area (Å²) in [5, 5.41) is 3.81. The van der Waals surface area contributed by atoms with Crippen LogP contribution in [0.1, 0.15) is 5.69 Å². The van der Waals surface area contributed by atoms with E-state index < -0.39 is 6.09 Å². The SMILES string of the molecule is CN(C)C(=O)Oc1ccc(/C=N\NC(N)=S)nc1. The van der Waals surface area contributed by atoms with Gasteiger partial charge in [-0.05, 0) is 24.4 Å². The third-order valence-corrected chi connectivity index (χ3v) is 1.79. The lowest BCUT2D eigenvalue weighted by Crippen LogP contribution is -2.25. The Hall–Kier alpha value is -2.22. The van der Waals surface area contributed by atoms with Crippen molar-refractivity contribution < 1.29 is 9.53 Å². The van der Waals surface area contributed by atoms with Crippen molar-refractivity contribution >= 4 is 29.6 Å². The molecular formula is C10H13N5O2S. The molecule has 0 radical (unpaired) electrons. The first-order chi connectivity index (χ1) is 8.49. The zero-order chi connectivity index (χ0) is 13.5. The highest BCUT2D eigenvalue weighted by molar-refractivity contribution is 7.80. The van der Waals surface area contributed by atoms with E-state index in [1.165, 1.54) is 17.3 Å². The number of nitrogens with zero attached hydrogens (tertiary/aromatic N) is 3. The van der Waals surface area contributed by atoms with E-state index in [9.17, 15) is 4.79 Å². The van der Waals surface area contributed by atoms with Gasteiger partial charge in [0.1, 0.15) is 0 Å². The number of amides is 1. The van der Waals surface area contributed by atoms with Crippen LogP contribution in [0.2, 0.25) is 0 Å². The van der Waals surface area contributed by atoms with Gasteiger partial charge >= 0.3 is 6.09 Å². The van der Waals surface area contributed by atoms with Crippen LogP contribution in [-0.2, 0) is 0 Å². The molecule has 3 N–H and O–H groups in total. The number of carbonyl (C=O) groups excluding carboxylic acids is 1. The van der Waals surface area contributed by atoms with Crippen molar-refractivity contribution in [3.05, 3.63) is 24.0 Å². The standard InChI is InChI=1S/C10H13N5O2S/c1-15(2)10(16)17-8-4-3-7(12-6-8)5-13-14-9(11)18/h3-6H,1-2H3,(H3,11,14,18)/b13-5-. The maximum atomic E-state index is 11.3. The number of ether oxygens (including phenoxy) is 1. The van der Waals surface area contributed by atoms with Gasteiger partial charge in [0.05, 0.1) is 18.1 Å². The smallest absolute Gasteiger partial charge is 0.409 e. The number of hydrazone groups is 1. The number of pyridine rings is 1. The summed E-state index contributed by atoms with van der Waals surface area (Å²) in [7, 11) is 3.19. The number of hydrogen-bond donors (Lipinski definition) is 2. The first kappa shape index (κ1) is 13.8. The average molecular weight is 267 g/mol. The Morgan fingerprint density at radius 3 is 2.83 bits per heavy atom. The predicted octanol–water partition coefficient (Wildman–Crippen LogP) is 0.309. The Morgan fingerprint density at radius 2 is 2.33 bits per heavy atom. The van der Waals surface area contributed by atoms with Gasteiger partial charge in [0.25, 0.3) is 0 Å². The van der Waals surface area contributed by atoms with Crippen molar-refractivity contribution in [2.45, 2.75) is 0 Å². The van der Waals surface area contributed by atoms with Crippen LogP contribution >= 0.6 is 12.2 Å². The lowest BCUT2D eigenvalue weighted by molar-refractivity contribution is 0.171. The molecule has 1 amide bonds. The maximum Gasteiger partial charge on any atom is 0.414 e. The Kier molecular flexibility index (Phi) is 5.00. The Balaban J connectivity index is 2.60. The van der Waals surface area contributed by atoms with Crippen molar-refractivity contribution in [1.29, 1.82) is 0 Å². The number of nitrogens with two attached hydrogens (primary N) is 1. The topological polar surface area (TPSA) is 92.8 Å². The summed E-state index contributed by atoms with van der Waals surface area (Å²) >= 11 is 4.57. The average Bonchev–Trinajstić information content (AvgIpc) is 2.30. The lowest BCUT2D eigenvalue weighted by atomic mass is 10.3. The highest BCUT2D eigenvalue weighted by atomic mass is 32.1. The minimum Gasteiger partial charge on any atom is -0.409 e. The molecule has 96 valence electrons. The zero-order valence-corrected chi connectivity index (χ0v) is 10.8. The van der Waals surface area contributed by atoms with Crippen LogP contribution in [0.4, 0.5) is 4.79 Å². The van der Waals surface area contributed by atoms with Crippen LogP contribution in [0.3, 0.4) is 0 Å². The van der Waals surface area contributed by atoms with Crippen molar-refractivity contribution in [3.63, 3.8) is 0 Å². The first-order valence-corrected chi connectivity index (χ1v) is 5.33. The van der Waals surface area contributed by atoms with Gasteiger partial charge < -0.3 is 15.4 Å². The molecule has 0 atom stereocenters. The van der Waals surface area contributed by atoms with E-state index in [-0.39, 0.29) is 5.11 Å². The van der Waals surface area contributed by atoms with Crippen molar-refractivity contribution in [1.82, 2.24) is 15.3 Å². The van der Waals surface area contributed by atoms with Gasteiger partial charge in [-0.3, -0.25) is 10.4 Å². The van der Waals surface area contributed by atoms with Gasteiger partial charge in [-0.1, -0.05) is 0 Å². The monoisotopic (exact) mass is 267 g/mol. The number of thiocarbonyl (C=S) groups is 1. The second-order valence-electron chi connectivity index (χ2n) is 3.42. The molecule has 1 heterocycles. The van der Waals surface area contributed by atoms with Crippen molar-refractivity contribution in [2.24, 2.45) is 10.8 Å². The predicted molar refractivity (Wildman–Crippen MR) is 71.5 cm³/mol. The molecule has 0 unspecified atom stereocenters. The van der Waals surface area contributed by atoms with Gasteiger partial charge in [-0.15, -0.1) is 0 Å². The number of nitrogens with one attached hydrogen (secondary N) is 1. The molecular weight excluding hydrogens is 254 g/mol. The summed E-state index contributed by atoms with van der Waals surface area (Å²) < 4.78 is 5.00. The van der Waals surface area contributed by atoms with Gasteiger partial charge in [0.2, 0.25) is 0 Å². The number of carbonyl (C=O) groups is 1. The Morgan fingerprint density at radius 1 is 1.61 bits per heavy atom. The molecule has 1 aromatic rings. The molecule has 1 rings (SSSR count). The van der Waals surface area contributed by atoms with Gasteiger partial charge in [0, 0.05) is 14.1 Å². The number of hydrogen-bond acceptors (Lipinski definition) is 5. The molecule has 1 aromatic heterocycles. The summed E-state index contributed by atoms with van der Waals surface area (Å²) in [4.78, 5) is 16.6. The number of rotatable bonds is 3. The van der Waals surface area contributed by atoms with Gasteiger partial charge in [0.15, 0.2) is 10.9 Å². The van der Waals surface area contributed by atoms with Crippen LogP contribution in [-0.4, -0.2) is 41.4 Å². The summed E-state index contributed by atoms with van der Waals surface area (Å²) in [6.07, 6.45) is 2.40. The summed E-state index contributed by atoms with van der Waals surface area (Å²) in [6, 6.07) is 3.25. The van der Waals surface area contributed by atoms with Crippen LogP contribution in [0.25, 0.3) is 0 Å². The summed E-state index contributed by atoms with van der Waals surface area (Å²) in [6.45, 7) is 0. The lowest BCUT2D eigenvalue weighted by Gasteiger charge is -2.09. The van der Waals surface area contributed by atoms with E-state index in [2.05, 4.69) is 27.7 Å². The summed E-state index contributed by atoms with van der Waals surface area (Å²) in [5.74, 6) is 0.355. The fourth-order valence-electron chi connectivity index (χ4n) is 0.883. The first-order valence-electron chi connectivity index (χ1n) is 4.92. The highest BCUT2D eigenvalue weighted by Crippen LogP contribution is 2.09. The molecule has 18 heavy (non-hydrogen) atoms.